The summed E-state index contributed by atoms with van der Waals surface area (Å²) < 4.78 is 5.08. The van der Waals surface area contributed by atoms with Gasteiger partial charge in [0.25, 0.3) is 0 Å². The van der Waals surface area contributed by atoms with Gasteiger partial charge in [0.05, 0.1) is 13.0 Å². The first-order chi connectivity index (χ1) is 10.7. The molecule has 1 aromatic rings. The molecule has 22 heavy (non-hydrogen) atoms. The highest BCUT2D eigenvalue weighted by molar-refractivity contribution is 7.99. The van der Waals surface area contributed by atoms with E-state index < -0.39 is 6.04 Å². The Morgan fingerprint density at radius 1 is 1.45 bits per heavy atom. The lowest BCUT2D eigenvalue weighted by Crippen LogP contribution is -2.44. The molecule has 0 spiro atoms. The van der Waals surface area contributed by atoms with Crippen LogP contribution < -0.4 is 10.1 Å². The minimum absolute atomic E-state index is 0.000203. The molecule has 1 aliphatic rings. The average Bonchev–Trinajstić information content (AvgIpc) is 3.03. The summed E-state index contributed by atoms with van der Waals surface area (Å²) in [5, 5.41) is 2.85. The van der Waals surface area contributed by atoms with Crippen molar-refractivity contribution in [2.24, 2.45) is 0 Å². The second-order valence-electron chi connectivity index (χ2n) is 4.92. The molecule has 1 fully saturated rings. The third-order valence-corrected chi connectivity index (χ3v) is 4.44. The molecule has 1 aliphatic heterocycles. The highest BCUT2D eigenvalue weighted by Crippen LogP contribution is 2.24. The van der Waals surface area contributed by atoms with Crippen LogP contribution in [-0.4, -0.2) is 41.5 Å². The summed E-state index contributed by atoms with van der Waals surface area (Å²) in [6.07, 6.45) is 2.75. The first kappa shape index (κ1) is 16.4. The highest BCUT2D eigenvalue weighted by atomic mass is 32.2. The van der Waals surface area contributed by atoms with Gasteiger partial charge in [-0.3, -0.25) is 9.59 Å². The number of nitrogens with zero attached hydrogens (tertiary/aromatic N) is 1. The number of anilines is 1. The molecule has 5 nitrogen and oxygen atoms in total. The Labute approximate surface area is 134 Å². The lowest BCUT2D eigenvalue weighted by Gasteiger charge is -2.23. The second-order valence-corrected chi connectivity index (χ2v) is 5.92. The van der Waals surface area contributed by atoms with E-state index in [1.54, 1.807) is 54.1 Å². The van der Waals surface area contributed by atoms with Crippen LogP contribution in [-0.2, 0) is 9.59 Å². The number of hydrogen-bond acceptors (Lipinski definition) is 4. The first-order valence-corrected chi connectivity index (χ1v) is 8.24. The zero-order valence-electron chi connectivity index (χ0n) is 12.6. The fraction of sp³-hybridized carbons (Fsp3) is 0.375. The molecule has 2 rings (SSSR count). The van der Waals surface area contributed by atoms with E-state index in [-0.39, 0.29) is 11.8 Å². The maximum Gasteiger partial charge on any atom is 0.248 e. The number of ether oxygens (including phenoxy) is 1. The largest absolute Gasteiger partial charge is 0.497 e. The topological polar surface area (TPSA) is 58.6 Å². The zero-order chi connectivity index (χ0) is 15.9. The maximum atomic E-state index is 12.4. The van der Waals surface area contributed by atoms with Crippen molar-refractivity contribution in [3.05, 3.63) is 36.9 Å². The van der Waals surface area contributed by atoms with Crippen molar-refractivity contribution >= 4 is 29.3 Å². The SMILES string of the molecule is C=CCCC(=O)N1CSCC1C(=O)Nc1ccc(OC)cc1. The van der Waals surface area contributed by atoms with E-state index in [2.05, 4.69) is 11.9 Å². The van der Waals surface area contributed by atoms with Crippen LogP contribution in [0.2, 0.25) is 0 Å². The van der Waals surface area contributed by atoms with E-state index in [0.29, 0.717) is 30.2 Å². The second kappa shape index (κ2) is 7.89. The molecule has 0 aliphatic carbocycles. The Kier molecular flexibility index (Phi) is 5.89. The summed E-state index contributed by atoms with van der Waals surface area (Å²) in [5.41, 5.74) is 0.696. The Balaban J connectivity index is 1.97. The monoisotopic (exact) mass is 320 g/mol. The van der Waals surface area contributed by atoms with E-state index in [9.17, 15) is 9.59 Å². The van der Waals surface area contributed by atoms with Gasteiger partial charge in [-0.05, 0) is 30.7 Å². The molecule has 1 heterocycles. The Hall–Kier alpha value is -1.95. The predicted octanol–water partition coefficient (Wildman–Crippen LogP) is 2.50. The Bertz CT molecular complexity index is 545. The van der Waals surface area contributed by atoms with Crippen molar-refractivity contribution < 1.29 is 14.3 Å². The average molecular weight is 320 g/mol. The number of hydrogen-bond donors (Lipinski definition) is 1. The molecule has 1 N–H and O–H groups in total. The molecule has 0 aromatic heterocycles. The molecule has 1 aromatic carbocycles. The minimum Gasteiger partial charge on any atom is -0.497 e. The van der Waals surface area contributed by atoms with Gasteiger partial charge in [-0.2, -0.15) is 0 Å². The molecule has 0 saturated carbocycles. The van der Waals surface area contributed by atoms with Crippen LogP contribution >= 0.6 is 11.8 Å². The third-order valence-electron chi connectivity index (χ3n) is 3.43. The van der Waals surface area contributed by atoms with E-state index in [1.165, 1.54) is 0 Å². The van der Waals surface area contributed by atoms with Gasteiger partial charge in [-0.25, -0.2) is 0 Å². The van der Waals surface area contributed by atoms with Gasteiger partial charge in [-0.1, -0.05) is 6.08 Å². The molecule has 0 radical (unpaired) electrons. The smallest absolute Gasteiger partial charge is 0.248 e. The van der Waals surface area contributed by atoms with Crippen molar-refractivity contribution in [2.45, 2.75) is 18.9 Å². The number of benzene rings is 1. The number of methoxy groups -OCH3 is 1. The standard InChI is InChI=1S/C16H20N2O3S/c1-3-4-5-15(19)18-11-22-10-14(18)16(20)17-12-6-8-13(21-2)9-7-12/h3,6-9,14H,1,4-5,10-11H2,2H3,(H,17,20). The summed E-state index contributed by atoms with van der Waals surface area (Å²) >= 11 is 1.60. The molecule has 118 valence electrons. The quantitative estimate of drug-likeness (QED) is 0.818. The van der Waals surface area contributed by atoms with Crippen molar-refractivity contribution in [2.75, 3.05) is 24.1 Å². The van der Waals surface area contributed by atoms with E-state index >= 15 is 0 Å². The fourth-order valence-electron chi connectivity index (χ4n) is 2.17. The van der Waals surface area contributed by atoms with Gasteiger partial charge in [0, 0.05) is 17.9 Å². The van der Waals surface area contributed by atoms with Crippen molar-refractivity contribution in [1.82, 2.24) is 4.90 Å². The van der Waals surface area contributed by atoms with E-state index in [1.807, 2.05) is 0 Å². The number of thioether (sulfide) groups is 1. The number of allylic oxidation sites excluding steroid dienone is 1. The predicted molar refractivity (Wildman–Crippen MR) is 89.0 cm³/mol. The molecule has 0 bridgehead atoms. The van der Waals surface area contributed by atoms with Crippen LogP contribution in [0.5, 0.6) is 5.75 Å². The normalized spacial score (nSPS) is 17.1. The Morgan fingerprint density at radius 2 is 2.18 bits per heavy atom. The van der Waals surface area contributed by atoms with Crippen LogP contribution in [0.3, 0.4) is 0 Å². The Morgan fingerprint density at radius 3 is 2.82 bits per heavy atom. The number of carbonyl (C=O) groups excluding carboxylic acids is 2. The van der Waals surface area contributed by atoms with Crippen molar-refractivity contribution in [3.8, 4) is 5.75 Å². The van der Waals surface area contributed by atoms with Crippen molar-refractivity contribution in [1.29, 1.82) is 0 Å². The fourth-order valence-corrected chi connectivity index (χ4v) is 3.36. The number of carbonyl (C=O) groups is 2. The molecular formula is C16H20N2O3S. The molecular weight excluding hydrogens is 300 g/mol. The molecule has 1 unspecified atom stereocenters. The molecule has 1 atom stereocenters. The highest BCUT2D eigenvalue weighted by Gasteiger charge is 2.34. The lowest BCUT2D eigenvalue weighted by atomic mass is 10.2. The summed E-state index contributed by atoms with van der Waals surface area (Å²) in [7, 11) is 1.59. The first-order valence-electron chi connectivity index (χ1n) is 7.08. The van der Waals surface area contributed by atoms with Gasteiger partial charge in [-0.15, -0.1) is 18.3 Å². The summed E-state index contributed by atoms with van der Waals surface area (Å²) in [4.78, 5) is 26.2. The van der Waals surface area contributed by atoms with Crippen LogP contribution in [0, 0.1) is 0 Å². The van der Waals surface area contributed by atoms with Gasteiger partial charge < -0.3 is 15.0 Å². The maximum absolute atomic E-state index is 12.4. The summed E-state index contributed by atoms with van der Waals surface area (Å²) in [6, 6.07) is 6.72. The van der Waals surface area contributed by atoms with Gasteiger partial charge in [0.1, 0.15) is 11.8 Å². The summed E-state index contributed by atoms with van der Waals surface area (Å²) in [5.74, 6) is 1.77. The zero-order valence-corrected chi connectivity index (χ0v) is 13.4. The van der Waals surface area contributed by atoms with Crippen molar-refractivity contribution in [3.63, 3.8) is 0 Å². The lowest BCUT2D eigenvalue weighted by molar-refractivity contribution is -0.136. The third kappa shape index (κ3) is 4.04. The van der Waals surface area contributed by atoms with Gasteiger partial charge >= 0.3 is 0 Å². The summed E-state index contributed by atoms with van der Waals surface area (Å²) in [6.45, 7) is 3.62. The van der Waals surface area contributed by atoms with E-state index in [0.717, 1.165) is 5.75 Å². The van der Waals surface area contributed by atoms with Gasteiger partial charge in [0.2, 0.25) is 11.8 Å². The molecule has 6 heteroatoms. The van der Waals surface area contributed by atoms with Gasteiger partial charge in [0.15, 0.2) is 0 Å². The van der Waals surface area contributed by atoms with Crippen LogP contribution in [0.15, 0.2) is 36.9 Å². The number of amides is 2. The van der Waals surface area contributed by atoms with E-state index in [4.69, 9.17) is 4.74 Å². The van der Waals surface area contributed by atoms with Crippen LogP contribution in [0.4, 0.5) is 5.69 Å². The van der Waals surface area contributed by atoms with Crippen LogP contribution in [0.1, 0.15) is 12.8 Å². The number of rotatable bonds is 6. The number of nitrogens with one attached hydrogen (secondary N) is 1. The minimum atomic E-state index is -0.413. The molecule has 2 amide bonds. The van der Waals surface area contributed by atoms with Crippen LogP contribution in [0.25, 0.3) is 0 Å². The molecule has 1 saturated heterocycles.